The van der Waals surface area contributed by atoms with E-state index in [-0.39, 0.29) is 6.04 Å². The van der Waals surface area contributed by atoms with Crippen molar-refractivity contribution in [3.05, 3.63) is 47.1 Å². The van der Waals surface area contributed by atoms with Crippen LogP contribution in [-0.4, -0.2) is 23.3 Å². The van der Waals surface area contributed by atoms with Gasteiger partial charge in [-0.15, -0.1) is 0 Å². The van der Waals surface area contributed by atoms with Crippen molar-refractivity contribution in [2.45, 2.75) is 26.0 Å². The van der Waals surface area contributed by atoms with Gasteiger partial charge in [0.25, 0.3) is 0 Å². The highest BCUT2D eigenvalue weighted by molar-refractivity contribution is 5.31. The van der Waals surface area contributed by atoms with Gasteiger partial charge in [0.05, 0.1) is 19.3 Å². The summed E-state index contributed by atoms with van der Waals surface area (Å²) in [5.41, 5.74) is 2.60. The second-order valence-electron chi connectivity index (χ2n) is 4.70. The Bertz CT molecular complexity index is 553. The van der Waals surface area contributed by atoms with E-state index in [0.717, 1.165) is 18.8 Å². The molecule has 0 fully saturated rings. The molecule has 3 rings (SSSR count). The standard InChI is InChI=1S/C14H17N3O2/c1-10-16-14(17-19-10)6-7-15-13-9-18-8-11-4-2-3-5-12(11)13/h2-5,13,15H,6-9H2,1H3. The molecule has 1 N–H and O–H groups in total. The summed E-state index contributed by atoms with van der Waals surface area (Å²) in [6, 6.07) is 8.64. The Morgan fingerprint density at radius 2 is 2.26 bits per heavy atom. The molecule has 2 aromatic rings. The topological polar surface area (TPSA) is 60.2 Å². The van der Waals surface area contributed by atoms with Crippen LogP contribution in [0, 0.1) is 6.92 Å². The van der Waals surface area contributed by atoms with Crippen LogP contribution in [0.15, 0.2) is 28.8 Å². The molecular formula is C14H17N3O2. The predicted molar refractivity (Wildman–Crippen MR) is 69.6 cm³/mol. The van der Waals surface area contributed by atoms with Crippen LogP contribution in [0.25, 0.3) is 0 Å². The summed E-state index contributed by atoms with van der Waals surface area (Å²) in [6.07, 6.45) is 0.760. The Morgan fingerprint density at radius 3 is 3.11 bits per heavy atom. The first kappa shape index (κ1) is 12.3. The zero-order valence-electron chi connectivity index (χ0n) is 10.9. The first-order chi connectivity index (χ1) is 9.33. The second kappa shape index (κ2) is 5.50. The molecule has 2 heterocycles. The largest absolute Gasteiger partial charge is 0.375 e. The number of hydrogen-bond acceptors (Lipinski definition) is 5. The van der Waals surface area contributed by atoms with E-state index >= 15 is 0 Å². The molecule has 0 spiro atoms. The number of fused-ring (bicyclic) bond motifs is 1. The van der Waals surface area contributed by atoms with Crippen LogP contribution in [0.5, 0.6) is 0 Å². The van der Waals surface area contributed by atoms with Gasteiger partial charge in [-0.2, -0.15) is 4.98 Å². The van der Waals surface area contributed by atoms with Gasteiger partial charge in [0.15, 0.2) is 5.82 Å². The van der Waals surface area contributed by atoms with Crippen LogP contribution >= 0.6 is 0 Å². The summed E-state index contributed by atoms with van der Waals surface area (Å²) >= 11 is 0. The van der Waals surface area contributed by atoms with Crippen LogP contribution in [0.2, 0.25) is 0 Å². The van der Waals surface area contributed by atoms with Gasteiger partial charge in [0, 0.05) is 19.9 Å². The maximum Gasteiger partial charge on any atom is 0.223 e. The molecule has 1 atom stereocenters. The fraction of sp³-hybridized carbons (Fsp3) is 0.429. The predicted octanol–water partition coefficient (Wildman–Crippen LogP) is 1.78. The quantitative estimate of drug-likeness (QED) is 0.907. The van der Waals surface area contributed by atoms with Crippen molar-refractivity contribution in [2.75, 3.05) is 13.2 Å². The SMILES string of the molecule is Cc1nc(CCNC2COCc3ccccc32)no1. The third kappa shape index (κ3) is 2.83. The molecule has 0 radical (unpaired) electrons. The molecule has 0 bridgehead atoms. The molecule has 19 heavy (non-hydrogen) atoms. The zero-order valence-corrected chi connectivity index (χ0v) is 10.9. The van der Waals surface area contributed by atoms with Gasteiger partial charge in [-0.1, -0.05) is 29.4 Å². The van der Waals surface area contributed by atoms with Crippen LogP contribution < -0.4 is 5.32 Å². The Morgan fingerprint density at radius 1 is 1.37 bits per heavy atom. The lowest BCUT2D eigenvalue weighted by Crippen LogP contribution is -2.31. The lowest BCUT2D eigenvalue weighted by atomic mass is 9.99. The maximum atomic E-state index is 5.60. The average molecular weight is 259 g/mol. The molecule has 0 amide bonds. The van der Waals surface area contributed by atoms with Crippen molar-refractivity contribution in [3.63, 3.8) is 0 Å². The van der Waals surface area contributed by atoms with Gasteiger partial charge < -0.3 is 14.6 Å². The van der Waals surface area contributed by atoms with Crippen LogP contribution in [-0.2, 0) is 17.8 Å². The summed E-state index contributed by atoms with van der Waals surface area (Å²) in [6.45, 7) is 4.02. The summed E-state index contributed by atoms with van der Waals surface area (Å²) in [5, 5.41) is 7.37. The van der Waals surface area contributed by atoms with Gasteiger partial charge in [0.2, 0.25) is 5.89 Å². The van der Waals surface area contributed by atoms with Crippen LogP contribution in [0.4, 0.5) is 0 Å². The van der Waals surface area contributed by atoms with Gasteiger partial charge in [-0.05, 0) is 11.1 Å². The Labute approximate surface area is 112 Å². The van der Waals surface area contributed by atoms with Crippen molar-refractivity contribution >= 4 is 0 Å². The molecule has 0 saturated carbocycles. The van der Waals surface area contributed by atoms with Gasteiger partial charge in [-0.25, -0.2) is 0 Å². The third-order valence-corrected chi connectivity index (χ3v) is 3.28. The number of ether oxygens (including phenoxy) is 1. The van der Waals surface area contributed by atoms with E-state index in [0.29, 0.717) is 19.1 Å². The van der Waals surface area contributed by atoms with Crippen molar-refractivity contribution in [1.82, 2.24) is 15.5 Å². The van der Waals surface area contributed by atoms with E-state index in [1.54, 1.807) is 6.92 Å². The fourth-order valence-electron chi connectivity index (χ4n) is 2.35. The minimum atomic E-state index is 0.248. The van der Waals surface area contributed by atoms with Crippen LogP contribution in [0.1, 0.15) is 28.9 Å². The molecule has 5 heteroatoms. The first-order valence-electron chi connectivity index (χ1n) is 6.51. The molecule has 1 aliphatic heterocycles. The maximum absolute atomic E-state index is 5.60. The Balaban J connectivity index is 1.59. The van der Waals surface area contributed by atoms with E-state index in [9.17, 15) is 0 Å². The Kier molecular flexibility index (Phi) is 3.57. The molecule has 1 aliphatic rings. The van der Waals surface area contributed by atoms with Crippen molar-refractivity contribution in [2.24, 2.45) is 0 Å². The van der Waals surface area contributed by atoms with E-state index in [2.05, 4.69) is 33.7 Å². The van der Waals surface area contributed by atoms with E-state index in [4.69, 9.17) is 9.26 Å². The van der Waals surface area contributed by atoms with E-state index < -0.39 is 0 Å². The number of hydrogen-bond donors (Lipinski definition) is 1. The molecule has 1 aromatic heterocycles. The number of aryl methyl sites for hydroxylation is 1. The van der Waals surface area contributed by atoms with Gasteiger partial charge in [0.1, 0.15) is 0 Å². The number of benzene rings is 1. The highest BCUT2D eigenvalue weighted by atomic mass is 16.5. The van der Waals surface area contributed by atoms with Crippen molar-refractivity contribution in [1.29, 1.82) is 0 Å². The van der Waals surface area contributed by atoms with Crippen molar-refractivity contribution in [3.8, 4) is 0 Å². The molecule has 5 nitrogen and oxygen atoms in total. The second-order valence-corrected chi connectivity index (χ2v) is 4.70. The number of nitrogens with zero attached hydrogens (tertiary/aromatic N) is 2. The molecular weight excluding hydrogens is 242 g/mol. The smallest absolute Gasteiger partial charge is 0.223 e. The Hall–Kier alpha value is -1.72. The normalized spacial score (nSPS) is 18.3. The lowest BCUT2D eigenvalue weighted by Gasteiger charge is -2.26. The summed E-state index contributed by atoms with van der Waals surface area (Å²) in [5.74, 6) is 1.36. The number of nitrogens with one attached hydrogen (secondary N) is 1. The third-order valence-electron chi connectivity index (χ3n) is 3.28. The lowest BCUT2D eigenvalue weighted by molar-refractivity contribution is 0.0823. The van der Waals surface area contributed by atoms with Crippen LogP contribution in [0.3, 0.4) is 0 Å². The van der Waals surface area contributed by atoms with Crippen molar-refractivity contribution < 1.29 is 9.26 Å². The highest BCUT2D eigenvalue weighted by Crippen LogP contribution is 2.24. The minimum absolute atomic E-state index is 0.248. The minimum Gasteiger partial charge on any atom is -0.375 e. The number of rotatable bonds is 4. The molecule has 1 unspecified atom stereocenters. The monoisotopic (exact) mass is 259 g/mol. The average Bonchev–Trinajstić information content (AvgIpc) is 2.85. The van der Waals surface area contributed by atoms with E-state index in [1.165, 1.54) is 11.1 Å². The summed E-state index contributed by atoms with van der Waals surface area (Å²) < 4.78 is 10.6. The highest BCUT2D eigenvalue weighted by Gasteiger charge is 2.19. The number of aromatic nitrogens is 2. The fourth-order valence-corrected chi connectivity index (χ4v) is 2.35. The van der Waals surface area contributed by atoms with Gasteiger partial charge in [-0.3, -0.25) is 0 Å². The molecule has 100 valence electrons. The van der Waals surface area contributed by atoms with Gasteiger partial charge >= 0.3 is 0 Å². The first-order valence-corrected chi connectivity index (χ1v) is 6.51. The molecule has 1 aromatic carbocycles. The summed E-state index contributed by atoms with van der Waals surface area (Å²) in [7, 11) is 0. The summed E-state index contributed by atoms with van der Waals surface area (Å²) in [4.78, 5) is 4.19. The van der Waals surface area contributed by atoms with E-state index in [1.807, 2.05) is 6.07 Å². The zero-order chi connectivity index (χ0) is 13.1. The molecule has 0 aliphatic carbocycles. The molecule has 0 saturated heterocycles.